The largest absolute Gasteiger partial charge is 0.0651 e. The highest BCUT2D eigenvalue weighted by Gasteiger charge is 2.65. The number of hydrogen-bond acceptors (Lipinski definition) is 0. The van der Waals surface area contributed by atoms with E-state index in [1.807, 2.05) is 0 Å². The van der Waals surface area contributed by atoms with Gasteiger partial charge in [0, 0.05) is 0 Å². The van der Waals surface area contributed by atoms with Gasteiger partial charge in [0.2, 0.25) is 0 Å². The molecule has 5 unspecified atom stereocenters. The highest BCUT2D eigenvalue weighted by molar-refractivity contribution is 5.15. The Hall–Kier alpha value is 0. The molecule has 0 aromatic rings. The normalized spacial score (nSPS) is 57.3. The molecular weight excluding hydrogens is 264 g/mol. The number of fused-ring (bicyclic) bond motifs is 1. The first kappa shape index (κ1) is 15.5. The van der Waals surface area contributed by atoms with Crippen LogP contribution in [0, 0.1) is 52.8 Å². The first-order chi connectivity index (χ1) is 10.5. The van der Waals surface area contributed by atoms with Crippen molar-refractivity contribution in [2.75, 3.05) is 0 Å². The van der Waals surface area contributed by atoms with Crippen molar-refractivity contribution >= 4 is 0 Å². The third-order valence-corrected chi connectivity index (χ3v) is 9.11. The average molecular weight is 303 g/mol. The second-order valence-corrected chi connectivity index (χ2v) is 10.3. The van der Waals surface area contributed by atoms with Crippen molar-refractivity contribution in [2.45, 2.75) is 85.5 Å². The van der Waals surface area contributed by atoms with Crippen LogP contribution in [0.4, 0.5) is 0 Å². The molecule has 0 radical (unpaired) electrons. The Kier molecular flexibility index (Phi) is 3.90. The summed E-state index contributed by atoms with van der Waals surface area (Å²) in [5.41, 5.74) is 0.834. The van der Waals surface area contributed by atoms with E-state index in [9.17, 15) is 0 Å². The Bertz CT molecular complexity index is 412. The van der Waals surface area contributed by atoms with Crippen LogP contribution < -0.4 is 0 Å². The lowest BCUT2D eigenvalue weighted by Gasteiger charge is -2.40. The molecule has 0 aromatic heterocycles. The van der Waals surface area contributed by atoms with Crippen molar-refractivity contribution in [3.8, 4) is 0 Å². The maximum Gasteiger partial charge on any atom is -0.0263 e. The minimum atomic E-state index is 0.834. The molecule has 0 heteroatoms. The van der Waals surface area contributed by atoms with Crippen molar-refractivity contribution in [1.82, 2.24) is 0 Å². The molecule has 4 aliphatic rings. The van der Waals surface area contributed by atoms with E-state index in [-0.39, 0.29) is 0 Å². The van der Waals surface area contributed by atoms with Crippen molar-refractivity contribution < 1.29 is 0 Å². The molecule has 4 saturated carbocycles. The van der Waals surface area contributed by atoms with E-state index in [0.29, 0.717) is 0 Å². The van der Waals surface area contributed by atoms with Crippen LogP contribution >= 0.6 is 0 Å². The Morgan fingerprint density at radius 1 is 0.909 bits per heavy atom. The van der Waals surface area contributed by atoms with Gasteiger partial charge in [0.05, 0.1) is 0 Å². The molecule has 4 fully saturated rings. The minimum Gasteiger partial charge on any atom is -0.0651 e. The van der Waals surface area contributed by atoms with E-state index in [1.54, 1.807) is 44.9 Å². The van der Waals surface area contributed by atoms with Gasteiger partial charge >= 0.3 is 0 Å². The Morgan fingerprint density at radius 3 is 2.32 bits per heavy atom. The van der Waals surface area contributed by atoms with Crippen LogP contribution in [0.15, 0.2) is 0 Å². The van der Waals surface area contributed by atoms with Gasteiger partial charge in [-0.15, -0.1) is 0 Å². The first-order valence-corrected chi connectivity index (χ1v) is 10.5. The molecule has 0 heterocycles. The van der Waals surface area contributed by atoms with Crippen LogP contribution in [0.5, 0.6) is 0 Å². The Morgan fingerprint density at radius 2 is 1.68 bits per heavy atom. The monoisotopic (exact) mass is 302 g/mol. The van der Waals surface area contributed by atoms with Gasteiger partial charge in [0.25, 0.3) is 0 Å². The second kappa shape index (κ2) is 5.52. The van der Waals surface area contributed by atoms with Crippen LogP contribution in [0.1, 0.15) is 85.5 Å². The van der Waals surface area contributed by atoms with Gasteiger partial charge in [0.15, 0.2) is 0 Å². The van der Waals surface area contributed by atoms with Crippen molar-refractivity contribution in [2.24, 2.45) is 52.8 Å². The molecule has 0 saturated heterocycles. The van der Waals surface area contributed by atoms with Crippen LogP contribution in [-0.2, 0) is 0 Å². The zero-order chi connectivity index (χ0) is 15.5. The van der Waals surface area contributed by atoms with Crippen LogP contribution in [0.2, 0.25) is 0 Å². The third kappa shape index (κ3) is 2.48. The molecule has 4 rings (SSSR count). The summed E-state index contributed by atoms with van der Waals surface area (Å²) in [7, 11) is 0. The molecule has 0 aromatic carbocycles. The molecule has 126 valence electrons. The van der Waals surface area contributed by atoms with Crippen LogP contribution in [0.25, 0.3) is 0 Å². The van der Waals surface area contributed by atoms with E-state index >= 15 is 0 Å². The van der Waals surface area contributed by atoms with Crippen LogP contribution in [-0.4, -0.2) is 0 Å². The Labute approximate surface area is 138 Å². The van der Waals surface area contributed by atoms with Gasteiger partial charge in [-0.3, -0.25) is 0 Å². The lowest BCUT2D eigenvalue weighted by Crippen LogP contribution is -2.32. The van der Waals surface area contributed by atoms with Crippen molar-refractivity contribution in [3.05, 3.63) is 0 Å². The molecule has 0 amide bonds. The summed E-state index contributed by atoms with van der Waals surface area (Å²) < 4.78 is 0. The topological polar surface area (TPSA) is 0 Å². The lowest BCUT2D eigenvalue weighted by atomic mass is 9.65. The smallest absolute Gasteiger partial charge is 0.0263 e. The standard InChI is InChI=1S/C22H38/c1-5-17-11-19(15(3)8-14(17)2)10-16-6-7-18(9-16)21-12-20-13-22(20,21)4/h14-21H,5-13H2,1-4H3/t14?,15-,16?,17+,18?,19?,20-,21?,22+/m0/s1. The predicted octanol–water partition coefficient (Wildman–Crippen LogP) is 6.55. The fraction of sp³-hybridized carbons (Fsp3) is 1.00. The molecule has 0 bridgehead atoms. The van der Waals surface area contributed by atoms with Crippen LogP contribution in [0.3, 0.4) is 0 Å². The van der Waals surface area contributed by atoms with Gasteiger partial charge in [0.1, 0.15) is 0 Å². The van der Waals surface area contributed by atoms with E-state index < -0.39 is 0 Å². The average Bonchev–Trinajstić information content (AvgIpc) is 2.85. The maximum atomic E-state index is 2.59. The molecular formula is C22H38. The quantitative estimate of drug-likeness (QED) is 0.552. The first-order valence-electron chi connectivity index (χ1n) is 10.5. The molecule has 0 nitrogen and oxygen atoms in total. The fourth-order valence-corrected chi connectivity index (χ4v) is 7.27. The number of hydrogen-bond donors (Lipinski definition) is 0. The SMILES string of the molecule is CC[C@@H]1CC(CC2CCC(C3C[C@H]4C[C@@]34C)C2)[C@@H](C)CC1C. The second-order valence-electron chi connectivity index (χ2n) is 10.3. The van der Waals surface area contributed by atoms with E-state index in [0.717, 1.165) is 52.8 Å². The third-order valence-electron chi connectivity index (χ3n) is 9.11. The zero-order valence-corrected chi connectivity index (χ0v) is 15.5. The van der Waals surface area contributed by atoms with E-state index in [4.69, 9.17) is 0 Å². The highest BCUT2D eigenvalue weighted by Crippen LogP contribution is 2.74. The van der Waals surface area contributed by atoms with Gasteiger partial charge in [-0.2, -0.15) is 0 Å². The van der Waals surface area contributed by atoms with Crippen molar-refractivity contribution in [1.29, 1.82) is 0 Å². The summed E-state index contributed by atoms with van der Waals surface area (Å²) in [6, 6.07) is 0. The van der Waals surface area contributed by atoms with Gasteiger partial charge in [-0.25, -0.2) is 0 Å². The molecule has 4 aliphatic carbocycles. The lowest BCUT2D eigenvalue weighted by molar-refractivity contribution is 0.0935. The van der Waals surface area contributed by atoms with Gasteiger partial charge < -0.3 is 0 Å². The molecule has 22 heavy (non-hydrogen) atoms. The molecule has 0 N–H and O–H groups in total. The summed E-state index contributed by atoms with van der Waals surface area (Å²) in [6.45, 7) is 10.1. The molecule has 0 aliphatic heterocycles. The summed E-state index contributed by atoms with van der Waals surface area (Å²) in [5, 5.41) is 0. The Balaban J connectivity index is 1.30. The minimum absolute atomic E-state index is 0.834. The maximum absolute atomic E-state index is 2.59. The summed E-state index contributed by atoms with van der Waals surface area (Å²) in [5.74, 6) is 8.54. The zero-order valence-electron chi connectivity index (χ0n) is 15.5. The van der Waals surface area contributed by atoms with Crippen molar-refractivity contribution in [3.63, 3.8) is 0 Å². The highest BCUT2D eigenvalue weighted by atomic mass is 14.7. The summed E-state index contributed by atoms with van der Waals surface area (Å²) in [4.78, 5) is 0. The summed E-state index contributed by atoms with van der Waals surface area (Å²) in [6.07, 6.45) is 14.0. The van der Waals surface area contributed by atoms with Gasteiger partial charge in [-0.05, 0) is 97.7 Å². The number of rotatable bonds is 4. The molecule has 9 atom stereocenters. The predicted molar refractivity (Wildman–Crippen MR) is 94.6 cm³/mol. The summed E-state index contributed by atoms with van der Waals surface area (Å²) >= 11 is 0. The fourth-order valence-electron chi connectivity index (χ4n) is 7.27. The van der Waals surface area contributed by atoms with E-state index in [1.165, 1.54) is 12.8 Å². The molecule has 0 spiro atoms. The van der Waals surface area contributed by atoms with Gasteiger partial charge in [-0.1, -0.05) is 40.5 Å². The van der Waals surface area contributed by atoms with E-state index in [2.05, 4.69) is 27.7 Å².